The lowest BCUT2D eigenvalue weighted by Gasteiger charge is -2.21. The van der Waals surface area contributed by atoms with Gasteiger partial charge in [-0.15, -0.1) is 0 Å². The lowest BCUT2D eigenvalue weighted by atomic mass is 10.2. The molecule has 0 saturated heterocycles. The van der Waals surface area contributed by atoms with E-state index in [9.17, 15) is 4.79 Å². The molecule has 3 aromatic rings. The largest absolute Gasteiger partial charge is 0.361 e. The number of carbonyl (C=O) groups is 1. The van der Waals surface area contributed by atoms with Gasteiger partial charge in [0.25, 0.3) is 0 Å². The van der Waals surface area contributed by atoms with Crippen molar-refractivity contribution >= 4 is 28.7 Å². The Morgan fingerprint density at radius 3 is 2.77 bits per heavy atom. The number of anilines is 2. The first-order valence-electron chi connectivity index (χ1n) is 8.42. The fourth-order valence-corrected chi connectivity index (χ4v) is 3.23. The number of pyridine rings is 1. The van der Waals surface area contributed by atoms with Gasteiger partial charge in [0.15, 0.2) is 5.82 Å². The summed E-state index contributed by atoms with van der Waals surface area (Å²) in [5.74, 6) is 1.33. The molecule has 0 fully saturated rings. The van der Waals surface area contributed by atoms with Crippen LogP contribution in [-0.4, -0.2) is 33.9 Å². The summed E-state index contributed by atoms with van der Waals surface area (Å²) in [4.78, 5) is 27.6. The molecule has 0 spiro atoms. The van der Waals surface area contributed by atoms with E-state index in [1.54, 1.807) is 28.6 Å². The van der Waals surface area contributed by atoms with Crippen LogP contribution in [0.15, 0.2) is 41.4 Å². The zero-order chi connectivity index (χ0) is 18.5. The van der Waals surface area contributed by atoms with Crippen molar-refractivity contribution in [3.05, 3.63) is 52.6 Å². The molecule has 3 heterocycles. The molecule has 3 rings (SSSR count). The van der Waals surface area contributed by atoms with Gasteiger partial charge in [-0.05, 0) is 44.4 Å². The molecule has 6 nitrogen and oxygen atoms in total. The third-order valence-electron chi connectivity index (χ3n) is 4.15. The van der Waals surface area contributed by atoms with Crippen LogP contribution < -0.4 is 10.2 Å². The Labute approximate surface area is 157 Å². The topological polar surface area (TPSA) is 71.0 Å². The molecular weight excluding hydrogens is 346 g/mol. The summed E-state index contributed by atoms with van der Waals surface area (Å²) < 4.78 is 0. The lowest BCUT2D eigenvalue weighted by Crippen LogP contribution is -2.35. The summed E-state index contributed by atoms with van der Waals surface area (Å²) in [6, 6.07) is 5.69. The van der Waals surface area contributed by atoms with Gasteiger partial charge in [-0.2, -0.15) is 11.3 Å². The number of hydrogen-bond donors (Lipinski definition) is 1. The van der Waals surface area contributed by atoms with Crippen LogP contribution >= 0.6 is 11.3 Å². The van der Waals surface area contributed by atoms with Crippen LogP contribution in [0.5, 0.6) is 0 Å². The monoisotopic (exact) mass is 367 g/mol. The van der Waals surface area contributed by atoms with E-state index in [0.29, 0.717) is 18.2 Å². The number of carbonyl (C=O) groups excluding carboxylic acids is 1. The van der Waals surface area contributed by atoms with Crippen LogP contribution in [0.3, 0.4) is 0 Å². The Hall–Kier alpha value is -2.80. The predicted octanol–water partition coefficient (Wildman–Crippen LogP) is 3.68. The second kappa shape index (κ2) is 8.05. The molecular formula is C19H21N5OS. The number of likely N-dealkylation sites (N-methyl/N-ethyl adjacent to an activating group) is 1. The lowest BCUT2D eigenvalue weighted by molar-refractivity contribution is -0.116. The highest BCUT2D eigenvalue weighted by Gasteiger charge is 2.16. The summed E-state index contributed by atoms with van der Waals surface area (Å²) in [5, 5.41) is 7.19. The van der Waals surface area contributed by atoms with Crippen LogP contribution in [0.1, 0.15) is 18.2 Å². The normalized spacial score (nSPS) is 10.6. The highest BCUT2D eigenvalue weighted by molar-refractivity contribution is 7.08. The van der Waals surface area contributed by atoms with Gasteiger partial charge in [0.05, 0.1) is 18.4 Å². The van der Waals surface area contributed by atoms with E-state index in [1.165, 1.54) is 0 Å². The van der Waals surface area contributed by atoms with E-state index >= 15 is 0 Å². The molecule has 7 heteroatoms. The molecule has 0 unspecified atom stereocenters. The maximum Gasteiger partial charge on any atom is 0.246 e. The zero-order valence-corrected chi connectivity index (χ0v) is 15.9. The Balaban J connectivity index is 1.77. The fraction of sp³-hybridized carbons (Fsp3) is 0.263. The minimum Gasteiger partial charge on any atom is -0.361 e. The molecule has 26 heavy (non-hydrogen) atoms. The average molecular weight is 367 g/mol. The highest BCUT2D eigenvalue weighted by atomic mass is 32.1. The van der Waals surface area contributed by atoms with E-state index < -0.39 is 0 Å². The zero-order valence-electron chi connectivity index (χ0n) is 15.1. The van der Waals surface area contributed by atoms with E-state index in [-0.39, 0.29) is 12.5 Å². The second-order valence-electron chi connectivity index (χ2n) is 5.82. The van der Waals surface area contributed by atoms with Crippen molar-refractivity contribution in [1.82, 2.24) is 15.0 Å². The third kappa shape index (κ3) is 3.88. The Kier molecular flexibility index (Phi) is 5.58. The van der Waals surface area contributed by atoms with Crippen molar-refractivity contribution < 1.29 is 4.79 Å². The van der Waals surface area contributed by atoms with Crippen molar-refractivity contribution in [2.45, 2.75) is 20.8 Å². The minimum atomic E-state index is -0.0340. The first-order valence-corrected chi connectivity index (χ1v) is 9.36. The summed E-state index contributed by atoms with van der Waals surface area (Å²) in [6.45, 7) is 6.59. The van der Waals surface area contributed by atoms with E-state index in [1.807, 2.05) is 49.7 Å². The van der Waals surface area contributed by atoms with Crippen molar-refractivity contribution in [1.29, 1.82) is 0 Å². The van der Waals surface area contributed by atoms with Gasteiger partial charge in [-0.3, -0.25) is 9.78 Å². The average Bonchev–Trinajstić information content (AvgIpc) is 3.19. The van der Waals surface area contributed by atoms with Crippen LogP contribution in [0, 0.1) is 13.8 Å². The molecule has 1 N–H and O–H groups in total. The molecule has 0 aliphatic carbocycles. The van der Waals surface area contributed by atoms with Crippen molar-refractivity contribution in [3.8, 4) is 11.4 Å². The first kappa shape index (κ1) is 18.0. The van der Waals surface area contributed by atoms with E-state index in [0.717, 1.165) is 22.5 Å². The second-order valence-corrected chi connectivity index (χ2v) is 6.60. The van der Waals surface area contributed by atoms with Crippen molar-refractivity contribution in [3.63, 3.8) is 0 Å². The smallest absolute Gasteiger partial charge is 0.246 e. The first-order chi connectivity index (χ1) is 12.6. The fourth-order valence-electron chi connectivity index (χ4n) is 2.59. The van der Waals surface area contributed by atoms with Crippen LogP contribution in [-0.2, 0) is 4.79 Å². The summed E-state index contributed by atoms with van der Waals surface area (Å²) >= 11 is 1.61. The van der Waals surface area contributed by atoms with Crippen LogP contribution in [0.4, 0.5) is 11.5 Å². The molecule has 0 radical (unpaired) electrons. The Morgan fingerprint density at radius 2 is 2.12 bits per heavy atom. The number of rotatable bonds is 6. The number of nitrogens with one attached hydrogen (secondary N) is 1. The molecule has 0 aliphatic rings. The molecule has 0 aromatic carbocycles. The highest BCUT2D eigenvalue weighted by Crippen LogP contribution is 2.23. The Morgan fingerprint density at radius 1 is 1.27 bits per heavy atom. The number of aromatic nitrogens is 3. The van der Waals surface area contributed by atoms with Gasteiger partial charge in [0.1, 0.15) is 5.82 Å². The van der Waals surface area contributed by atoms with Gasteiger partial charge in [-0.25, -0.2) is 9.97 Å². The maximum atomic E-state index is 12.7. The Bertz CT molecular complexity index is 880. The van der Waals surface area contributed by atoms with Crippen molar-refractivity contribution in [2.24, 2.45) is 0 Å². The third-order valence-corrected chi connectivity index (χ3v) is 4.83. The summed E-state index contributed by atoms with van der Waals surface area (Å²) in [7, 11) is 0. The molecule has 3 aromatic heterocycles. The molecule has 0 saturated carbocycles. The van der Waals surface area contributed by atoms with Gasteiger partial charge in [0.2, 0.25) is 5.91 Å². The quantitative estimate of drug-likeness (QED) is 0.719. The molecule has 134 valence electrons. The van der Waals surface area contributed by atoms with Crippen LogP contribution in [0.2, 0.25) is 0 Å². The van der Waals surface area contributed by atoms with Crippen LogP contribution in [0.25, 0.3) is 11.4 Å². The summed E-state index contributed by atoms with van der Waals surface area (Å²) in [6.07, 6.45) is 3.38. The molecule has 0 atom stereocenters. The maximum absolute atomic E-state index is 12.7. The van der Waals surface area contributed by atoms with E-state index in [4.69, 9.17) is 0 Å². The number of amides is 1. The predicted molar refractivity (Wildman–Crippen MR) is 106 cm³/mol. The SMILES string of the molecule is CCN(C(=O)CNc1nc(-c2ccsc2)nc(C)c1C)c1cccnc1. The van der Waals surface area contributed by atoms with E-state index in [2.05, 4.69) is 20.3 Å². The van der Waals surface area contributed by atoms with Gasteiger partial charge >= 0.3 is 0 Å². The van der Waals surface area contributed by atoms with Gasteiger partial charge < -0.3 is 10.2 Å². The summed E-state index contributed by atoms with van der Waals surface area (Å²) in [5.41, 5.74) is 3.62. The molecule has 1 amide bonds. The minimum absolute atomic E-state index is 0.0340. The number of nitrogens with zero attached hydrogens (tertiary/aromatic N) is 4. The van der Waals surface area contributed by atoms with Gasteiger partial charge in [-0.1, -0.05) is 0 Å². The molecule has 0 bridgehead atoms. The molecule has 0 aliphatic heterocycles. The standard InChI is InChI=1S/C19H21N5OS/c1-4-24(16-6-5-8-20-10-16)17(25)11-21-18-13(2)14(3)22-19(23-18)15-7-9-26-12-15/h5-10,12H,4,11H2,1-3H3,(H,21,22,23). The number of thiophene rings is 1. The van der Waals surface area contributed by atoms with Crippen molar-refractivity contribution in [2.75, 3.05) is 23.3 Å². The number of aryl methyl sites for hydroxylation is 1. The number of hydrogen-bond acceptors (Lipinski definition) is 6. The van der Waals surface area contributed by atoms with Gasteiger partial charge in [0, 0.05) is 34.9 Å².